The van der Waals surface area contributed by atoms with Crippen molar-refractivity contribution in [3.63, 3.8) is 0 Å². The average molecular weight is 282 g/mol. The second-order valence-corrected chi connectivity index (χ2v) is 4.85. The zero-order valence-corrected chi connectivity index (χ0v) is 11.6. The maximum atomic E-state index is 13.1. The molecule has 0 unspecified atom stereocenters. The van der Waals surface area contributed by atoms with E-state index >= 15 is 0 Å². The molecule has 1 heterocycles. The second kappa shape index (κ2) is 5.50. The van der Waals surface area contributed by atoms with Gasteiger partial charge in [-0.3, -0.25) is 0 Å². The molecule has 0 aliphatic rings. The molecule has 4 heteroatoms. The minimum atomic E-state index is -0.269. The van der Waals surface area contributed by atoms with Gasteiger partial charge in [-0.2, -0.15) is 0 Å². The van der Waals surface area contributed by atoms with Crippen LogP contribution in [-0.4, -0.2) is 17.1 Å². The number of pyridine rings is 1. The number of hydrogen-bond acceptors (Lipinski definition) is 3. The highest BCUT2D eigenvalue weighted by Gasteiger charge is 2.11. The molecular weight excluding hydrogens is 267 g/mol. The predicted octanol–water partition coefficient (Wildman–Crippen LogP) is 3.63. The average Bonchev–Trinajstić information content (AvgIpc) is 2.53. The van der Waals surface area contributed by atoms with Gasteiger partial charge in [0.15, 0.2) is 0 Å². The third-order valence-corrected chi connectivity index (χ3v) is 3.47. The number of hydrogen-bond donors (Lipinski definition) is 1. The van der Waals surface area contributed by atoms with Crippen molar-refractivity contribution in [2.75, 3.05) is 11.9 Å². The monoisotopic (exact) mass is 282 g/mol. The SMILES string of the molecule is CN(c1ccc(F)cc1)c1nc(CO)cc2ccccc12. The molecule has 0 atom stereocenters. The molecule has 0 saturated heterocycles. The van der Waals surface area contributed by atoms with Crippen molar-refractivity contribution in [3.05, 3.63) is 66.1 Å². The van der Waals surface area contributed by atoms with E-state index in [1.807, 2.05) is 42.3 Å². The number of anilines is 2. The van der Waals surface area contributed by atoms with Crippen LogP contribution >= 0.6 is 0 Å². The Bertz CT molecular complexity index is 771. The Balaban J connectivity index is 2.16. The van der Waals surface area contributed by atoms with Gasteiger partial charge in [0.05, 0.1) is 12.3 Å². The summed E-state index contributed by atoms with van der Waals surface area (Å²) in [5.41, 5.74) is 1.45. The van der Waals surface area contributed by atoms with E-state index in [9.17, 15) is 9.50 Å². The lowest BCUT2D eigenvalue weighted by molar-refractivity contribution is 0.277. The van der Waals surface area contributed by atoms with Gasteiger partial charge in [-0.25, -0.2) is 9.37 Å². The standard InChI is InChI=1S/C17H15FN2O/c1-20(15-8-6-13(18)7-9-15)17-16-5-3-2-4-12(16)10-14(11-21)19-17/h2-10,21H,11H2,1H3. The Hall–Kier alpha value is -2.46. The first kappa shape index (κ1) is 13.5. The molecule has 3 rings (SSSR count). The molecule has 0 radical (unpaired) electrons. The lowest BCUT2D eigenvalue weighted by Crippen LogP contribution is -2.12. The number of nitrogens with zero attached hydrogens (tertiary/aromatic N) is 2. The number of rotatable bonds is 3. The van der Waals surface area contributed by atoms with Crippen LogP contribution in [0.1, 0.15) is 5.69 Å². The molecule has 0 spiro atoms. The van der Waals surface area contributed by atoms with Gasteiger partial charge < -0.3 is 10.0 Å². The second-order valence-electron chi connectivity index (χ2n) is 4.85. The third kappa shape index (κ3) is 2.58. The summed E-state index contributed by atoms with van der Waals surface area (Å²) in [7, 11) is 1.88. The lowest BCUT2D eigenvalue weighted by atomic mass is 10.1. The highest BCUT2D eigenvalue weighted by Crippen LogP contribution is 2.30. The summed E-state index contributed by atoms with van der Waals surface area (Å²) < 4.78 is 13.1. The molecule has 0 amide bonds. The lowest BCUT2D eigenvalue weighted by Gasteiger charge is -2.21. The summed E-state index contributed by atoms with van der Waals surface area (Å²) in [5, 5.41) is 11.4. The van der Waals surface area contributed by atoms with Crippen molar-refractivity contribution in [3.8, 4) is 0 Å². The van der Waals surface area contributed by atoms with Crippen molar-refractivity contribution in [2.45, 2.75) is 6.61 Å². The molecular formula is C17H15FN2O. The van der Waals surface area contributed by atoms with Gasteiger partial charge in [-0.15, -0.1) is 0 Å². The van der Waals surface area contributed by atoms with Gasteiger partial charge in [-0.1, -0.05) is 24.3 Å². The van der Waals surface area contributed by atoms with E-state index < -0.39 is 0 Å². The molecule has 21 heavy (non-hydrogen) atoms. The van der Waals surface area contributed by atoms with Crippen LogP contribution in [0.15, 0.2) is 54.6 Å². The molecule has 0 aliphatic heterocycles. The predicted molar refractivity (Wildman–Crippen MR) is 82.1 cm³/mol. The fourth-order valence-electron chi connectivity index (χ4n) is 2.36. The summed E-state index contributed by atoms with van der Waals surface area (Å²) in [6.45, 7) is -0.116. The molecule has 0 fully saturated rings. The third-order valence-electron chi connectivity index (χ3n) is 3.47. The molecule has 3 nitrogen and oxygen atoms in total. The van der Waals surface area contributed by atoms with Gasteiger partial charge in [0.25, 0.3) is 0 Å². The van der Waals surface area contributed by atoms with Gasteiger partial charge in [0.2, 0.25) is 0 Å². The Morgan fingerprint density at radius 3 is 2.52 bits per heavy atom. The van der Waals surface area contributed by atoms with Crippen molar-refractivity contribution < 1.29 is 9.50 Å². The highest BCUT2D eigenvalue weighted by atomic mass is 19.1. The molecule has 106 valence electrons. The summed E-state index contributed by atoms with van der Waals surface area (Å²) in [4.78, 5) is 6.39. The topological polar surface area (TPSA) is 36.4 Å². The van der Waals surface area contributed by atoms with E-state index in [-0.39, 0.29) is 12.4 Å². The number of aromatic nitrogens is 1. The quantitative estimate of drug-likeness (QED) is 0.797. The van der Waals surface area contributed by atoms with Gasteiger partial charge in [-0.05, 0) is 35.7 Å². The fourth-order valence-corrected chi connectivity index (χ4v) is 2.36. The number of halogens is 1. The summed E-state index contributed by atoms with van der Waals surface area (Å²) in [6, 6.07) is 16.0. The van der Waals surface area contributed by atoms with Crippen LogP contribution in [0.5, 0.6) is 0 Å². The van der Waals surface area contributed by atoms with Crippen molar-refractivity contribution in [2.24, 2.45) is 0 Å². The molecule has 1 N–H and O–H groups in total. The van der Waals surface area contributed by atoms with Crippen LogP contribution in [0.4, 0.5) is 15.9 Å². The van der Waals surface area contributed by atoms with Crippen LogP contribution in [0.2, 0.25) is 0 Å². The molecule has 3 aromatic rings. The van der Waals surface area contributed by atoms with Crippen molar-refractivity contribution >= 4 is 22.3 Å². The van der Waals surface area contributed by atoms with Crippen molar-refractivity contribution in [1.82, 2.24) is 4.98 Å². The number of fused-ring (bicyclic) bond motifs is 1. The molecule has 0 bridgehead atoms. The zero-order valence-electron chi connectivity index (χ0n) is 11.6. The minimum Gasteiger partial charge on any atom is -0.390 e. The first-order valence-corrected chi connectivity index (χ1v) is 6.68. The summed E-state index contributed by atoms with van der Waals surface area (Å²) >= 11 is 0. The molecule has 0 saturated carbocycles. The molecule has 2 aromatic carbocycles. The highest BCUT2D eigenvalue weighted by molar-refractivity contribution is 5.94. The van der Waals surface area contributed by atoms with Gasteiger partial charge >= 0.3 is 0 Å². The minimum absolute atomic E-state index is 0.116. The zero-order chi connectivity index (χ0) is 14.8. The summed E-state index contributed by atoms with van der Waals surface area (Å²) in [5.74, 6) is 0.470. The largest absolute Gasteiger partial charge is 0.390 e. The van der Waals surface area contributed by atoms with Gasteiger partial charge in [0.1, 0.15) is 11.6 Å². The van der Waals surface area contributed by atoms with Crippen molar-refractivity contribution in [1.29, 1.82) is 0 Å². The molecule has 0 aliphatic carbocycles. The first-order valence-electron chi connectivity index (χ1n) is 6.68. The number of benzene rings is 2. The Morgan fingerprint density at radius 1 is 1.10 bits per heavy atom. The van der Waals surface area contributed by atoms with E-state index in [1.165, 1.54) is 12.1 Å². The maximum Gasteiger partial charge on any atom is 0.141 e. The number of aliphatic hydroxyl groups is 1. The van der Waals surface area contributed by atoms with Crippen LogP contribution in [0, 0.1) is 5.82 Å². The number of aliphatic hydroxyl groups excluding tert-OH is 1. The van der Waals surface area contributed by atoms with E-state index in [2.05, 4.69) is 4.98 Å². The fraction of sp³-hybridized carbons (Fsp3) is 0.118. The Morgan fingerprint density at radius 2 is 1.81 bits per heavy atom. The Labute approximate surface area is 122 Å². The normalized spacial score (nSPS) is 10.8. The van der Waals surface area contributed by atoms with Crippen LogP contribution < -0.4 is 4.90 Å². The van der Waals surface area contributed by atoms with E-state index in [4.69, 9.17) is 0 Å². The first-order chi connectivity index (χ1) is 10.2. The maximum absolute atomic E-state index is 13.1. The van der Waals surface area contributed by atoms with E-state index in [0.717, 1.165) is 22.3 Å². The van der Waals surface area contributed by atoms with Crippen LogP contribution in [-0.2, 0) is 6.61 Å². The van der Waals surface area contributed by atoms with E-state index in [1.54, 1.807) is 12.1 Å². The molecule has 1 aromatic heterocycles. The van der Waals surface area contributed by atoms with Crippen LogP contribution in [0.25, 0.3) is 10.8 Å². The smallest absolute Gasteiger partial charge is 0.141 e. The van der Waals surface area contributed by atoms with E-state index in [0.29, 0.717) is 5.69 Å². The summed E-state index contributed by atoms with van der Waals surface area (Å²) in [6.07, 6.45) is 0. The van der Waals surface area contributed by atoms with Crippen LogP contribution in [0.3, 0.4) is 0 Å². The van der Waals surface area contributed by atoms with Gasteiger partial charge in [0, 0.05) is 18.1 Å². The Kier molecular flexibility index (Phi) is 3.54.